The second kappa shape index (κ2) is 6.40. The molecule has 0 rings (SSSR count). The van der Waals surface area contributed by atoms with Crippen LogP contribution in [0.15, 0.2) is 0 Å². The summed E-state index contributed by atoms with van der Waals surface area (Å²) in [6.45, 7) is 10.2. The molecular formula is C9H20O3. The highest BCUT2D eigenvalue weighted by molar-refractivity contribution is 4.60. The molecular weight excluding hydrogens is 156 g/mol. The van der Waals surface area contributed by atoms with E-state index in [1.807, 2.05) is 27.7 Å². The molecule has 0 fully saturated rings. The Kier molecular flexibility index (Phi) is 6.34. The van der Waals surface area contributed by atoms with Gasteiger partial charge in [-0.25, -0.2) is 0 Å². The van der Waals surface area contributed by atoms with E-state index in [9.17, 15) is 0 Å². The number of hydrogen-bond donors (Lipinski definition) is 0. The van der Waals surface area contributed by atoms with Gasteiger partial charge in [-0.3, -0.25) is 0 Å². The monoisotopic (exact) mass is 176 g/mol. The summed E-state index contributed by atoms with van der Waals surface area (Å²) >= 11 is 0. The molecule has 3 nitrogen and oxygen atoms in total. The van der Waals surface area contributed by atoms with Crippen molar-refractivity contribution in [2.45, 2.75) is 33.5 Å². The van der Waals surface area contributed by atoms with Gasteiger partial charge in [0.2, 0.25) is 0 Å². The molecule has 0 aromatic rings. The quantitative estimate of drug-likeness (QED) is 0.554. The Morgan fingerprint density at radius 3 is 1.75 bits per heavy atom. The average Bonchev–Trinajstić information content (AvgIpc) is 2.02. The van der Waals surface area contributed by atoms with Gasteiger partial charge < -0.3 is 14.2 Å². The lowest BCUT2D eigenvalue weighted by molar-refractivity contribution is -0.245. The van der Waals surface area contributed by atoms with E-state index in [2.05, 4.69) is 0 Å². The minimum Gasteiger partial charge on any atom is -0.376 e. The second-order valence-corrected chi connectivity index (χ2v) is 2.64. The topological polar surface area (TPSA) is 27.7 Å². The first-order valence-corrected chi connectivity index (χ1v) is 4.54. The van der Waals surface area contributed by atoms with Crippen LogP contribution in [0.4, 0.5) is 0 Å². The van der Waals surface area contributed by atoms with E-state index < -0.39 is 5.79 Å². The molecule has 0 unspecified atom stereocenters. The molecule has 0 heterocycles. The van der Waals surface area contributed by atoms with Gasteiger partial charge in [0.05, 0.1) is 0 Å². The third-order valence-corrected chi connectivity index (χ3v) is 1.47. The van der Waals surface area contributed by atoms with Crippen LogP contribution in [0.1, 0.15) is 27.7 Å². The van der Waals surface area contributed by atoms with Crippen molar-refractivity contribution in [3.05, 3.63) is 0 Å². The lowest BCUT2D eigenvalue weighted by atomic mass is 10.3. The van der Waals surface area contributed by atoms with Gasteiger partial charge in [-0.2, -0.15) is 0 Å². The first kappa shape index (κ1) is 11.9. The van der Waals surface area contributed by atoms with Crippen molar-refractivity contribution in [1.29, 1.82) is 0 Å². The Morgan fingerprint density at radius 1 is 0.917 bits per heavy atom. The minimum atomic E-state index is -0.570. The fourth-order valence-corrected chi connectivity index (χ4v) is 1.02. The lowest BCUT2D eigenvalue weighted by Gasteiger charge is -2.28. The zero-order valence-electron chi connectivity index (χ0n) is 8.55. The molecule has 0 amide bonds. The second-order valence-electron chi connectivity index (χ2n) is 2.64. The van der Waals surface area contributed by atoms with Crippen molar-refractivity contribution < 1.29 is 14.2 Å². The van der Waals surface area contributed by atoms with E-state index in [1.54, 1.807) is 0 Å². The fourth-order valence-electron chi connectivity index (χ4n) is 1.02. The van der Waals surface area contributed by atoms with Crippen LogP contribution in [0, 0.1) is 0 Å². The van der Waals surface area contributed by atoms with Crippen LogP contribution < -0.4 is 0 Å². The van der Waals surface area contributed by atoms with Crippen molar-refractivity contribution in [1.82, 2.24) is 0 Å². The van der Waals surface area contributed by atoms with Crippen molar-refractivity contribution in [2.75, 3.05) is 26.4 Å². The van der Waals surface area contributed by atoms with Crippen molar-refractivity contribution in [2.24, 2.45) is 0 Å². The van der Waals surface area contributed by atoms with Gasteiger partial charge in [-0.15, -0.1) is 0 Å². The van der Waals surface area contributed by atoms with E-state index in [-0.39, 0.29) is 0 Å². The van der Waals surface area contributed by atoms with E-state index in [0.29, 0.717) is 26.4 Å². The van der Waals surface area contributed by atoms with Crippen molar-refractivity contribution in [3.63, 3.8) is 0 Å². The van der Waals surface area contributed by atoms with Gasteiger partial charge in [0, 0.05) is 19.8 Å². The highest BCUT2D eigenvalue weighted by Crippen LogP contribution is 2.12. The smallest absolute Gasteiger partial charge is 0.188 e. The molecule has 0 aromatic heterocycles. The van der Waals surface area contributed by atoms with Crippen molar-refractivity contribution >= 4 is 0 Å². The normalized spacial score (nSPS) is 12.0. The maximum atomic E-state index is 5.42. The molecule has 74 valence electrons. The highest BCUT2D eigenvalue weighted by Gasteiger charge is 2.24. The standard InChI is InChI=1S/C9H20O3/c1-5-10-8-9(4,11-6-2)12-7-3/h5-8H2,1-4H3. The van der Waals surface area contributed by atoms with Gasteiger partial charge in [0.1, 0.15) is 6.61 Å². The maximum Gasteiger partial charge on any atom is 0.188 e. The predicted molar refractivity (Wildman–Crippen MR) is 48.2 cm³/mol. The zero-order chi connectivity index (χ0) is 9.45. The predicted octanol–water partition coefficient (Wildman–Crippen LogP) is 1.81. The first-order valence-electron chi connectivity index (χ1n) is 4.54. The molecule has 0 saturated carbocycles. The molecule has 0 aliphatic carbocycles. The fraction of sp³-hybridized carbons (Fsp3) is 1.00. The van der Waals surface area contributed by atoms with E-state index in [4.69, 9.17) is 14.2 Å². The molecule has 12 heavy (non-hydrogen) atoms. The largest absolute Gasteiger partial charge is 0.376 e. The van der Waals surface area contributed by atoms with Crippen LogP contribution in [0.2, 0.25) is 0 Å². The molecule has 0 radical (unpaired) electrons. The summed E-state index contributed by atoms with van der Waals surface area (Å²) in [5.41, 5.74) is 0. The summed E-state index contributed by atoms with van der Waals surface area (Å²) in [5.74, 6) is -0.570. The lowest BCUT2D eigenvalue weighted by Crippen LogP contribution is -2.37. The van der Waals surface area contributed by atoms with Crippen LogP contribution >= 0.6 is 0 Å². The van der Waals surface area contributed by atoms with Crippen LogP contribution in [0.3, 0.4) is 0 Å². The third-order valence-electron chi connectivity index (χ3n) is 1.47. The van der Waals surface area contributed by atoms with E-state index >= 15 is 0 Å². The summed E-state index contributed by atoms with van der Waals surface area (Å²) in [6, 6.07) is 0. The number of rotatable bonds is 7. The van der Waals surface area contributed by atoms with Gasteiger partial charge >= 0.3 is 0 Å². The molecule has 0 N–H and O–H groups in total. The summed E-state index contributed by atoms with van der Waals surface area (Å²) in [5, 5.41) is 0. The molecule has 0 atom stereocenters. The molecule has 0 spiro atoms. The Labute approximate surface area is 75.0 Å². The Bertz CT molecular complexity index is 97.9. The summed E-state index contributed by atoms with van der Waals surface area (Å²) < 4.78 is 16.1. The average molecular weight is 176 g/mol. The molecule has 3 heteroatoms. The molecule has 0 aliphatic rings. The van der Waals surface area contributed by atoms with Crippen LogP contribution in [-0.2, 0) is 14.2 Å². The van der Waals surface area contributed by atoms with Gasteiger partial charge in [0.15, 0.2) is 5.79 Å². The summed E-state index contributed by atoms with van der Waals surface area (Å²) in [4.78, 5) is 0. The number of ether oxygens (including phenoxy) is 3. The Morgan fingerprint density at radius 2 is 1.42 bits per heavy atom. The van der Waals surface area contributed by atoms with Crippen LogP contribution in [0.25, 0.3) is 0 Å². The Balaban J connectivity index is 3.80. The van der Waals surface area contributed by atoms with Crippen LogP contribution in [-0.4, -0.2) is 32.2 Å². The third kappa shape index (κ3) is 4.70. The first-order chi connectivity index (χ1) is 5.68. The molecule has 0 saturated heterocycles. The Hall–Kier alpha value is -0.120. The van der Waals surface area contributed by atoms with Gasteiger partial charge in [0.25, 0.3) is 0 Å². The van der Waals surface area contributed by atoms with Gasteiger partial charge in [-0.05, 0) is 27.7 Å². The summed E-state index contributed by atoms with van der Waals surface area (Å²) in [6.07, 6.45) is 0. The van der Waals surface area contributed by atoms with Crippen LogP contribution in [0.5, 0.6) is 0 Å². The molecule has 0 aliphatic heterocycles. The summed E-state index contributed by atoms with van der Waals surface area (Å²) in [7, 11) is 0. The van der Waals surface area contributed by atoms with E-state index in [1.165, 1.54) is 0 Å². The SMILES string of the molecule is CCOCC(C)(OCC)OCC. The maximum absolute atomic E-state index is 5.42. The highest BCUT2D eigenvalue weighted by atomic mass is 16.7. The van der Waals surface area contributed by atoms with Crippen molar-refractivity contribution in [3.8, 4) is 0 Å². The van der Waals surface area contributed by atoms with E-state index in [0.717, 1.165) is 0 Å². The number of hydrogen-bond acceptors (Lipinski definition) is 3. The molecule has 0 bridgehead atoms. The van der Waals surface area contributed by atoms with Gasteiger partial charge in [-0.1, -0.05) is 0 Å². The molecule has 0 aromatic carbocycles. The minimum absolute atomic E-state index is 0.491. The zero-order valence-corrected chi connectivity index (χ0v) is 8.55.